The van der Waals surface area contributed by atoms with Gasteiger partial charge in [0, 0.05) is 45.9 Å². The number of rotatable bonds is 3. The van der Waals surface area contributed by atoms with Crippen molar-refractivity contribution in [3.63, 3.8) is 0 Å². The molecule has 11 N–H and O–H groups in total. The topological polar surface area (TPSA) is 241 Å². The number of hydrogen-bond donors (Lipinski definition) is 11. The van der Waals surface area contributed by atoms with Crippen LogP contribution in [-0.2, 0) is 0 Å². The summed E-state index contributed by atoms with van der Waals surface area (Å²) in [6.45, 7) is 0. The van der Waals surface area contributed by atoms with Gasteiger partial charge in [-0.2, -0.15) is 0 Å². The summed E-state index contributed by atoms with van der Waals surface area (Å²) >= 11 is 0. The number of ether oxygens (including phenoxy) is 2. The molecule has 0 saturated heterocycles. The van der Waals surface area contributed by atoms with Gasteiger partial charge in [-0.25, -0.2) is 0 Å². The highest BCUT2D eigenvalue weighted by molar-refractivity contribution is 5.64. The molecule has 0 saturated carbocycles. The number of aliphatic hydroxyl groups excluding tert-OH is 3. The van der Waals surface area contributed by atoms with Crippen molar-refractivity contribution in [3.05, 3.63) is 82.4 Å². The SMILES string of the molecule is Oc1ccc2c(c1)O[C@H](c1cc(O)c(O)c(O)c1)[C@@H](O)[C@@H]2c1c([C@H]2Oc3cc(O)ccc3[C@@H](O)[C@@H]2O)cc(O)c(O)c1O. The van der Waals surface area contributed by atoms with Crippen molar-refractivity contribution in [2.24, 2.45) is 0 Å². The first-order valence-corrected chi connectivity index (χ1v) is 12.9. The molecule has 4 aromatic rings. The van der Waals surface area contributed by atoms with Crippen LogP contribution in [0.25, 0.3) is 0 Å². The van der Waals surface area contributed by atoms with E-state index in [4.69, 9.17) is 9.47 Å². The molecular weight excluding hydrogens is 568 g/mol. The highest BCUT2D eigenvalue weighted by Gasteiger charge is 2.46. The summed E-state index contributed by atoms with van der Waals surface area (Å²) in [4.78, 5) is 0. The van der Waals surface area contributed by atoms with Gasteiger partial charge in [0.2, 0.25) is 5.75 Å². The van der Waals surface area contributed by atoms with Crippen LogP contribution in [0.3, 0.4) is 0 Å². The smallest absolute Gasteiger partial charge is 0.200 e. The summed E-state index contributed by atoms with van der Waals surface area (Å²) in [5, 5.41) is 116. The van der Waals surface area contributed by atoms with Crippen LogP contribution in [-0.4, -0.2) is 68.4 Å². The number of aromatic hydroxyl groups is 8. The van der Waals surface area contributed by atoms with Crippen LogP contribution in [0.1, 0.15) is 52.0 Å². The molecule has 224 valence electrons. The molecule has 2 heterocycles. The molecule has 6 atom stereocenters. The van der Waals surface area contributed by atoms with Crippen LogP contribution in [0.2, 0.25) is 0 Å². The minimum absolute atomic E-state index is 0.0217. The maximum atomic E-state index is 11.8. The summed E-state index contributed by atoms with van der Waals surface area (Å²) in [5.74, 6) is -6.86. The predicted octanol–water partition coefficient (Wildman–Crippen LogP) is 2.49. The number of fused-ring (bicyclic) bond motifs is 2. The maximum Gasteiger partial charge on any atom is 0.200 e. The summed E-state index contributed by atoms with van der Waals surface area (Å²) < 4.78 is 11.9. The van der Waals surface area contributed by atoms with E-state index in [1.165, 1.54) is 36.4 Å². The van der Waals surface area contributed by atoms with E-state index in [1.807, 2.05) is 0 Å². The van der Waals surface area contributed by atoms with Crippen molar-refractivity contribution in [3.8, 4) is 57.5 Å². The van der Waals surface area contributed by atoms with Crippen LogP contribution in [0.15, 0.2) is 54.6 Å². The number of hydrogen-bond acceptors (Lipinski definition) is 13. The zero-order valence-corrected chi connectivity index (χ0v) is 21.9. The van der Waals surface area contributed by atoms with Gasteiger partial charge in [-0.1, -0.05) is 6.07 Å². The normalized spacial score (nSPS) is 24.3. The molecule has 6 rings (SSSR count). The Hall–Kier alpha value is -5.24. The first-order valence-electron chi connectivity index (χ1n) is 12.9. The van der Waals surface area contributed by atoms with Gasteiger partial charge in [0.25, 0.3) is 0 Å². The Bertz CT molecular complexity index is 1730. The Labute approximate surface area is 242 Å². The Morgan fingerprint density at radius 3 is 1.65 bits per heavy atom. The average Bonchev–Trinajstić information content (AvgIpc) is 2.96. The van der Waals surface area contributed by atoms with E-state index in [0.717, 1.165) is 18.2 Å². The highest BCUT2D eigenvalue weighted by Crippen LogP contribution is 2.56. The van der Waals surface area contributed by atoms with Crippen molar-refractivity contribution >= 4 is 0 Å². The highest BCUT2D eigenvalue weighted by atomic mass is 16.5. The molecule has 13 heteroatoms. The molecule has 2 aliphatic heterocycles. The van der Waals surface area contributed by atoms with Crippen LogP contribution < -0.4 is 9.47 Å². The van der Waals surface area contributed by atoms with E-state index in [2.05, 4.69) is 0 Å². The molecule has 0 spiro atoms. The zero-order valence-electron chi connectivity index (χ0n) is 21.9. The van der Waals surface area contributed by atoms with Crippen LogP contribution in [0.5, 0.6) is 57.5 Å². The molecule has 0 unspecified atom stereocenters. The third kappa shape index (κ3) is 4.37. The minimum Gasteiger partial charge on any atom is -0.508 e. The van der Waals surface area contributed by atoms with Crippen molar-refractivity contribution in [2.45, 2.75) is 36.4 Å². The van der Waals surface area contributed by atoms with Crippen LogP contribution in [0, 0.1) is 0 Å². The van der Waals surface area contributed by atoms with Crippen molar-refractivity contribution in [1.82, 2.24) is 0 Å². The van der Waals surface area contributed by atoms with E-state index in [9.17, 15) is 56.2 Å². The van der Waals surface area contributed by atoms with E-state index in [0.29, 0.717) is 0 Å². The van der Waals surface area contributed by atoms with Gasteiger partial charge < -0.3 is 65.6 Å². The molecule has 0 aromatic heterocycles. The van der Waals surface area contributed by atoms with Crippen molar-refractivity contribution in [2.75, 3.05) is 0 Å². The fourth-order valence-electron chi connectivity index (χ4n) is 5.74. The Morgan fingerprint density at radius 2 is 1.02 bits per heavy atom. The molecule has 0 aliphatic carbocycles. The second-order valence-corrected chi connectivity index (χ2v) is 10.4. The molecule has 0 bridgehead atoms. The van der Waals surface area contributed by atoms with Crippen LogP contribution >= 0.6 is 0 Å². The number of phenolic OH excluding ortho intramolecular Hbond substituents is 8. The van der Waals surface area contributed by atoms with Gasteiger partial charge in [-0.15, -0.1) is 0 Å². The quantitative estimate of drug-likeness (QED) is 0.153. The van der Waals surface area contributed by atoms with Gasteiger partial charge in [0.15, 0.2) is 41.0 Å². The predicted molar refractivity (Wildman–Crippen MR) is 145 cm³/mol. The molecular formula is C30H26O13. The monoisotopic (exact) mass is 594 g/mol. The third-order valence-electron chi connectivity index (χ3n) is 7.80. The molecule has 43 heavy (non-hydrogen) atoms. The van der Waals surface area contributed by atoms with Gasteiger partial charge in [-0.05, 0) is 36.4 Å². The van der Waals surface area contributed by atoms with Gasteiger partial charge in [0.1, 0.15) is 41.3 Å². The largest absolute Gasteiger partial charge is 0.508 e. The molecule has 2 aliphatic rings. The maximum absolute atomic E-state index is 11.8. The lowest BCUT2D eigenvalue weighted by Crippen LogP contribution is -2.38. The third-order valence-corrected chi connectivity index (χ3v) is 7.80. The van der Waals surface area contributed by atoms with Gasteiger partial charge >= 0.3 is 0 Å². The summed E-state index contributed by atoms with van der Waals surface area (Å²) in [6.07, 6.45) is -7.93. The molecule has 0 radical (unpaired) electrons. The lowest BCUT2D eigenvalue weighted by atomic mass is 9.76. The fourth-order valence-corrected chi connectivity index (χ4v) is 5.74. The molecule has 4 aromatic carbocycles. The molecule has 13 nitrogen and oxygen atoms in total. The van der Waals surface area contributed by atoms with Crippen molar-refractivity contribution in [1.29, 1.82) is 0 Å². The lowest BCUT2D eigenvalue weighted by molar-refractivity contribution is -0.0709. The number of phenols is 8. The summed E-state index contributed by atoms with van der Waals surface area (Å²) in [7, 11) is 0. The molecule has 0 fully saturated rings. The number of aliphatic hydroxyl groups is 3. The van der Waals surface area contributed by atoms with E-state index in [1.54, 1.807) is 0 Å². The Morgan fingerprint density at radius 1 is 0.488 bits per heavy atom. The van der Waals surface area contributed by atoms with Gasteiger partial charge in [-0.3, -0.25) is 0 Å². The van der Waals surface area contributed by atoms with Gasteiger partial charge in [0.05, 0.1) is 0 Å². The first kappa shape index (κ1) is 27.9. The Kier molecular flexibility index (Phi) is 6.45. The number of benzene rings is 4. The molecule has 0 amide bonds. The first-order chi connectivity index (χ1) is 20.4. The summed E-state index contributed by atoms with van der Waals surface area (Å²) in [6, 6.07) is 10.7. The van der Waals surface area contributed by atoms with E-state index < -0.39 is 70.9 Å². The second-order valence-electron chi connectivity index (χ2n) is 10.4. The van der Waals surface area contributed by atoms with E-state index in [-0.39, 0.29) is 50.8 Å². The Balaban J connectivity index is 1.57. The zero-order chi connectivity index (χ0) is 30.9. The van der Waals surface area contributed by atoms with Crippen LogP contribution in [0.4, 0.5) is 0 Å². The van der Waals surface area contributed by atoms with E-state index >= 15 is 0 Å². The minimum atomic E-state index is -1.71. The fraction of sp³-hybridized carbons (Fsp3) is 0.200. The lowest BCUT2D eigenvalue weighted by Gasteiger charge is -2.40. The summed E-state index contributed by atoms with van der Waals surface area (Å²) in [5.41, 5.74) is -0.158. The standard InChI is InChI=1S/C30H26O13/c31-11-1-3-13-19(7-11)42-29(10-5-16(33)24(37)17(34)6-10)27(40)21(13)22-15(9-18(35)25(38)26(22)39)30-28(41)23(36)14-4-2-12(32)8-20(14)43-30/h1-9,21,23,27-41H/t21-,23+,27-,28-,29+,30+/m0/s1. The van der Waals surface area contributed by atoms with Crippen molar-refractivity contribution < 1.29 is 65.6 Å². The average molecular weight is 595 g/mol. The second kappa shape index (κ2) is 9.94.